The maximum atomic E-state index is 10.2. The van der Waals surface area contributed by atoms with Crippen molar-refractivity contribution in [1.29, 1.82) is 0 Å². The van der Waals surface area contributed by atoms with Gasteiger partial charge in [-0.2, -0.15) is 5.10 Å². The minimum atomic E-state index is -0.788. The van der Waals surface area contributed by atoms with E-state index in [-0.39, 0.29) is 0 Å². The summed E-state index contributed by atoms with van der Waals surface area (Å²) in [5, 5.41) is 14.7. The van der Waals surface area contributed by atoms with E-state index in [2.05, 4.69) is 10.1 Å². The summed E-state index contributed by atoms with van der Waals surface area (Å²) in [5.41, 5.74) is 1.32. The lowest BCUT2D eigenvalue weighted by Crippen LogP contribution is -2.09. The number of aryl methyl sites for hydroxylation is 1. The van der Waals surface area contributed by atoms with Crippen LogP contribution in [0.15, 0.2) is 30.7 Å². The minimum Gasteiger partial charge on any atom is -0.382 e. The molecule has 1 N–H and O–H groups in total. The Labute approximate surface area is 98.5 Å². The van der Waals surface area contributed by atoms with Crippen LogP contribution in [0.5, 0.6) is 0 Å². The molecule has 0 aliphatic heterocycles. The normalized spacial score (nSPS) is 12.7. The SMILES string of the molecule is CCn1ncc(Cl)c1C(O)c1cccnc1. The summed E-state index contributed by atoms with van der Waals surface area (Å²) < 4.78 is 1.68. The van der Waals surface area contributed by atoms with Crippen molar-refractivity contribution in [2.75, 3.05) is 0 Å². The molecular formula is C11H12ClN3O. The summed E-state index contributed by atoms with van der Waals surface area (Å²) in [4.78, 5) is 3.97. The molecule has 0 fully saturated rings. The predicted molar refractivity (Wildman–Crippen MR) is 61.2 cm³/mol. The Balaban J connectivity index is 2.41. The molecule has 4 nitrogen and oxygen atoms in total. The van der Waals surface area contributed by atoms with Crippen LogP contribution >= 0.6 is 11.6 Å². The number of aliphatic hydroxyl groups is 1. The lowest BCUT2D eigenvalue weighted by atomic mass is 10.1. The maximum absolute atomic E-state index is 10.2. The summed E-state index contributed by atoms with van der Waals surface area (Å²) >= 11 is 6.00. The van der Waals surface area contributed by atoms with Gasteiger partial charge in [0.05, 0.1) is 16.9 Å². The molecule has 0 saturated carbocycles. The zero-order chi connectivity index (χ0) is 11.5. The highest BCUT2D eigenvalue weighted by Gasteiger charge is 2.19. The molecule has 0 saturated heterocycles. The second-order valence-electron chi connectivity index (χ2n) is 3.38. The second-order valence-corrected chi connectivity index (χ2v) is 3.79. The molecule has 1 atom stereocenters. The van der Waals surface area contributed by atoms with E-state index in [4.69, 9.17) is 11.6 Å². The van der Waals surface area contributed by atoms with Gasteiger partial charge in [-0.1, -0.05) is 17.7 Å². The topological polar surface area (TPSA) is 50.9 Å². The molecular weight excluding hydrogens is 226 g/mol. The van der Waals surface area contributed by atoms with Crippen LogP contribution in [0.25, 0.3) is 0 Å². The minimum absolute atomic E-state index is 0.471. The second kappa shape index (κ2) is 4.63. The molecule has 0 aliphatic carbocycles. The van der Waals surface area contributed by atoms with E-state index in [1.165, 1.54) is 0 Å². The van der Waals surface area contributed by atoms with Crippen molar-refractivity contribution < 1.29 is 5.11 Å². The van der Waals surface area contributed by atoms with Crippen LogP contribution in [-0.2, 0) is 6.54 Å². The zero-order valence-electron chi connectivity index (χ0n) is 8.84. The van der Waals surface area contributed by atoms with Crippen molar-refractivity contribution in [3.05, 3.63) is 47.0 Å². The zero-order valence-corrected chi connectivity index (χ0v) is 9.59. The van der Waals surface area contributed by atoms with Crippen LogP contribution in [0, 0.1) is 0 Å². The van der Waals surface area contributed by atoms with Crippen molar-refractivity contribution in [2.24, 2.45) is 0 Å². The van der Waals surface area contributed by atoms with Gasteiger partial charge in [-0.15, -0.1) is 0 Å². The van der Waals surface area contributed by atoms with Crippen LogP contribution in [0.2, 0.25) is 5.02 Å². The van der Waals surface area contributed by atoms with Crippen molar-refractivity contribution in [1.82, 2.24) is 14.8 Å². The van der Waals surface area contributed by atoms with Crippen molar-refractivity contribution in [3.63, 3.8) is 0 Å². The molecule has 0 aromatic carbocycles. The highest BCUT2D eigenvalue weighted by atomic mass is 35.5. The summed E-state index contributed by atoms with van der Waals surface area (Å²) in [6.07, 6.45) is 4.03. The average Bonchev–Trinajstić information content (AvgIpc) is 2.70. The van der Waals surface area contributed by atoms with Crippen molar-refractivity contribution >= 4 is 11.6 Å². The smallest absolute Gasteiger partial charge is 0.124 e. The number of aliphatic hydroxyl groups excluding tert-OH is 1. The first-order valence-electron chi connectivity index (χ1n) is 5.03. The van der Waals surface area contributed by atoms with E-state index in [1.54, 1.807) is 35.4 Å². The summed E-state index contributed by atoms with van der Waals surface area (Å²) in [6.45, 7) is 2.61. The van der Waals surface area contributed by atoms with Gasteiger partial charge in [0.1, 0.15) is 6.10 Å². The lowest BCUT2D eigenvalue weighted by Gasteiger charge is -2.12. The predicted octanol–water partition coefficient (Wildman–Crippen LogP) is 2.03. The van der Waals surface area contributed by atoms with Crippen LogP contribution in [0.3, 0.4) is 0 Å². The van der Waals surface area contributed by atoms with E-state index in [0.29, 0.717) is 22.8 Å². The molecule has 5 heteroatoms. The Hall–Kier alpha value is -1.39. The maximum Gasteiger partial charge on any atom is 0.124 e. The Kier molecular flexibility index (Phi) is 3.22. The van der Waals surface area contributed by atoms with E-state index < -0.39 is 6.10 Å². The fourth-order valence-corrected chi connectivity index (χ4v) is 1.84. The average molecular weight is 238 g/mol. The Bertz CT molecular complexity index is 469. The Morgan fingerprint density at radius 3 is 2.94 bits per heavy atom. The highest BCUT2D eigenvalue weighted by molar-refractivity contribution is 6.31. The molecule has 16 heavy (non-hydrogen) atoms. The Morgan fingerprint density at radius 1 is 1.50 bits per heavy atom. The number of aromatic nitrogens is 3. The molecule has 2 aromatic heterocycles. The molecule has 84 valence electrons. The highest BCUT2D eigenvalue weighted by Crippen LogP contribution is 2.27. The van der Waals surface area contributed by atoms with Crippen molar-refractivity contribution in [3.8, 4) is 0 Å². The molecule has 1 unspecified atom stereocenters. The standard InChI is InChI=1S/C11H12ClN3O/c1-2-15-10(9(12)7-14-15)11(16)8-4-3-5-13-6-8/h3-7,11,16H,2H2,1H3. The first kappa shape index (κ1) is 11.1. The number of pyridine rings is 1. The van der Waals surface area contributed by atoms with Gasteiger partial charge in [-0.25, -0.2) is 0 Å². The third-order valence-electron chi connectivity index (χ3n) is 2.39. The van der Waals surface area contributed by atoms with E-state index in [0.717, 1.165) is 0 Å². The van der Waals surface area contributed by atoms with Crippen LogP contribution < -0.4 is 0 Å². The lowest BCUT2D eigenvalue weighted by molar-refractivity contribution is 0.207. The third kappa shape index (κ3) is 1.94. The fourth-order valence-electron chi connectivity index (χ4n) is 1.59. The summed E-state index contributed by atoms with van der Waals surface area (Å²) in [5.74, 6) is 0. The van der Waals surface area contributed by atoms with Gasteiger partial charge in [0.25, 0.3) is 0 Å². The van der Waals surface area contributed by atoms with Crippen LogP contribution in [0.4, 0.5) is 0 Å². The number of nitrogens with zero attached hydrogens (tertiary/aromatic N) is 3. The molecule has 0 bridgehead atoms. The van der Waals surface area contributed by atoms with Gasteiger partial charge in [0.2, 0.25) is 0 Å². The first-order chi connectivity index (χ1) is 7.74. The molecule has 0 aliphatic rings. The van der Waals surface area contributed by atoms with Crippen LogP contribution in [0.1, 0.15) is 24.3 Å². The van der Waals surface area contributed by atoms with Gasteiger partial charge in [0, 0.05) is 24.5 Å². The number of halogens is 1. The first-order valence-corrected chi connectivity index (χ1v) is 5.41. The number of hydrogen-bond acceptors (Lipinski definition) is 3. The largest absolute Gasteiger partial charge is 0.382 e. The van der Waals surface area contributed by atoms with E-state index in [1.807, 2.05) is 6.92 Å². The van der Waals surface area contributed by atoms with Gasteiger partial charge in [0.15, 0.2) is 0 Å². The van der Waals surface area contributed by atoms with E-state index in [9.17, 15) is 5.11 Å². The molecule has 0 radical (unpaired) electrons. The van der Waals surface area contributed by atoms with Gasteiger partial charge < -0.3 is 5.11 Å². The van der Waals surface area contributed by atoms with Gasteiger partial charge in [-0.3, -0.25) is 9.67 Å². The fraction of sp³-hybridized carbons (Fsp3) is 0.273. The molecule has 2 aromatic rings. The Morgan fingerprint density at radius 2 is 2.31 bits per heavy atom. The molecule has 0 spiro atoms. The van der Waals surface area contributed by atoms with Crippen molar-refractivity contribution in [2.45, 2.75) is 19.6 Å². The molecule has 2 heterocycles. The van der Waals surface area contributed by atoms with Gasteiger partial charge in [-0.05, 0) is 13.0 Å². The third-order valence-corrected chi connectivity index (χ3v) is 2.68. The summed E-state index contributed by atoms with van der Waals surface area (Å²) in [7, 11) is 0. The van der Waals surface area contributed by atoms with E-state index >= 15 is 0 Å². The quantitative estimate of drug-likeness (QED) is 0.889. The van der Waals surface area contributed by atoms with Gasteiger partial charge >= 0.3 is 0 Å². The monoisotopic (exact) mass is 237 g/mol. The summed E-state index contributed by atoms with van der Waals surface area (Å²) in [6, 6.07) is 3.58. The molecule has 0 amide bonds. The number of hydrogen-bond donors (Lipinski definition) is 1. The molecule has 2 rings (SSSR count). The number of rotatable bonds is 3. The van der Waals surface area contributed by atoms with Crippen LogP contribution in [-0.4, -0.2) is 19.9 Å².